The summed E-state index contributed by atoms with van der Waals surface area (Å²) in [6.07, 6.45) is 2.10. The van der Waals surface area contributed by atoms with Crippen molar-refractivity contribution in [1.29, 1.82) is 0 Å². The molecule has 1 heterocycles. The highest BCUT2D eigenvalue weighted by Gasteiger charge is 2.16. The van der Waals surface area contributed by atoms with Gasteiger partial charge >= 0.3 is 0 Å². The lowest BCUT2D eigenvalue weighted by atomic mass is 10.2. The largest absolute Gasteiger partial charge is 0.330 e. The fourth-order valence-corrected chi connectivity index (χ4v) is 2.61. The summed E-state index contributed by atoms with van der Waals surface area (Å²) in [5.41, 5.74) is 6.10. The molecule has 0 spiro atoms. The van der Waals surface area contributed by atoms with E-state index in [4.69, 9.17) is 5.73 Å². The molecular formula is C15H23F2N3. The Morgan fingerprint density at radius 1 is 1.05 bits per heavy atom. The fraction of sp³-hybridized carbons (Fsp3) is 0.600. The summed E-state index contributed by atoms with van der Waals surface area (Å²) < 4.78 is 26.5. The Bertz CT molecular complexity index is 426. The van der Waals surface area contributed by atoms with Crippen LogP contribution in [0.4, 0.5) is 8.78 Å². The first-order chi connectivity index (χ1) is 9.69. The predicted molar refractivity (Wildman–Crippen MR) is 76.4 cm³/mol. The third-order valence-corrected chi connectivity index (χ3v) is 3.77. The van der Waals surface area contributed by atoms with Crippen LogP contribution < -0.4 is 5.73 Å². The molecule has 5 heteroatoms. The third-order valence-electron chi connectivity index (χ3n) is 3.77. The number of nitrogens with two attached hydrogens (primary N) is 1. The average Bonchev–Trinajstić information content (AvgIpc) is 2.65. The van der Waals surface area contributed by atoms with E-state index in [1.165, 1.54) is 6.07 Å². The summed E-state index contributed by atoms with van der Waals surface area (Å²) in [7, 11) is 0. The first kappa shape index (κ1) is 15.4. The molecule has 20 heavy (non-hydrogen) atoms. The van der Waals surface area contributed by atoms with Crippen molar-refractivity contribution in [2.24, 2.45) is 5.73 Å². The van der Waals surface area contributed by atoms with Crippen molar-refractivity contribution in [3.8, 4) is 0 Å². The topological polar surface area (TPSA) is 32.5 Å². The Hall–Kier alpha value is -1.04. The standard InChI is InChI=1S/C15H23F2N3/c16-14-4-3-13(15(17)11-14)12-20-8-2-7-19(9-10-20)6-1-5-18/h3-4,11H,1-2,5-10,12,18H2. The van der Waals surface area contributed by atoms with E-state index >= 15 is 0 Å². The second-order valence-electron chi connectivity index (χ2n) is 5.35. The van der Waals surface area contributed by atoms with Gasteiger partial charge in [-0.25, -0.2) is 8.78 Å². The summed E-state index contributed by atoms with van der Waals surface area (Å²) in [5.74, 6) is -0.968. The molecule has 3 nitrogen and oxygen atoms in total. The predicted octanol–water partition coefficient (Wildman–Crippen LogP) is 1.82. The van der Waals surface area contributed by atoms with Gasteiger partial charge in [-0.15, -0.1) is 0 Å². The Kier molecular flexibility index (Phi) is 5.88. The maximum absolute atomic E-state index is 13.7. The highest BCUT2D eigenvalue weighted by Crippen LogP contribution is 2.14. The zero-order chi connectivity index (χ0) is 14.4. The average molecular weight is 283 g/mol. The molecule has 0 unspecified atom stereocenters. The van der Waals surface area contributed by atoms with Gasteiger partial charge in [0.2, 0.25) is 0 Å². The van der Waals surface area contributed by atoms with E-state index in [9.17, 15) is 8.78 Å². The maximum Gasteiger partial charge on any atom is 0.130 e. The third kappa shape index (κ3) is 4.51. The summed E-state index contributed by atoms with van der Waals surface area (Å²) in [4.78, 5) is 4.65. The highest BCUT2D eigenvalue weighted by atomic mass is 19.1. The molecule has 0 radical (unpaired) electrons. The van der Waals surface area contributed by atoms with Gasteiger partial charge in [0.05, 0.1) is 0 Å². The maximum atomic E-state index is 13.7. The van der Waals surface area contributed by atoms with E-state index in [-0.39, 0.29) is 0 Å². The van der Waals surface area contributed by atoms with E-state index in [1.54, 1.807) is 6.07 Å². The number of rotatable bonds is 5. The molecule has 2 N–H and O–H groups in total. The van der Waals surface area contributed by atoms with Gasteiger partial charge in [0, 0.05) is 31.3 Å². The number of hydrogen-bond donors (Lipinski definition) is 1. The molecule has 0 aliphatic carbocycles. The van der Waals surface area contributed by atoms with Crippen molar-refractivity contribution >= 4 is 0 Å². The van der Waals surface area contributed by atoms with E-state index < -0.39 is 11.6 Å². The minimum atomic E-state index is -0.518. The summed E-state index contributed by atoms with van der Waals surface area (Å²) >= 11 is 0. The van der Waals surface area contributed by atoms with Crippen molar-refractivity contribution in [3.63, 3.8) is 0 Å². The first-order valence-corrected chi connectivity index (χ1v) is 7.28. The molecule has 2 rings (SSSR count). The second kappa shape index (κ2) is 7.67. The van der Waals surface area contributed by atoms with Gasteiger partial charge in [-0.2, -0.15) is 0 Å². The molecule has 0 saturated carbocycles. The molecule has 1 aromatic carbocycles. The van der Waals surface area contributed by atoms with Crippen molar-refractivity contribution in [2.45, 2.75) is 19.4 Å². The van der Waals surface area contributed by atoms with Gasteiger partial charge in [-0.05, 0) is 45.1 Å². The van der Waals surface area contributed by atoms with Crippen LogP contribution in [0.25, 0.3) is 0 Å². The minimum absolute atomic E-state index is 0.450. The molecule has 1 aromatic rings. The van der Waals surface area contributed by atoms with E-state index in [2.05, 4.69) is 9.80 Å². The number of benzene rings is 1. The number of hydrogen-bond acceptors (Lipinski definition) is 3. The van der Waals surface area contributed by atoms with Gasteiger partial charge in [0.1, 0.15) is 11.6 Å². The SMILES string of the molecule is NCCCN1CCCN(Cc2ccc(F)cc2F)CC1. The van der Waals surface area contributed by atoms with Crippen LogP contribution in [-0.4, -0.2) is 49.1 Å². The minimum Gasteiger partial charge on any atom is -0.330 e. The van der Waals surface area contributed by atoms with E-state index in [0.29, 0.717) is 12.1 Å². The van der Waals surface area contributed by atoms with Crippen molar-refractivity contribution in [3.05, 3.63) is 35.4 Å². The smallest absolute Gasteiger partial charge is 0.130 e. The van der Waals surface area contributed by atoms with Gasteiger partial charge in [-0.1, -0.05) is 6.07 Å². The van der Waals surface area contributed by atoms with Crippen LogP contribution in [0.1, 0.15) is 18.4 Å². The lowest BCUT2D eigenvalue weighted by Crippen LogP contribution is -2.32. The normalized spacial score (nSPS) is 18.1. The van der Waals surface area contributed by atoms with E-state index in [0.717, 1.165) is 58.2 Å². The molecule has 1 saturated heterocycles. The zero-order valence-electron chi connectivity index (χ0n) is 11.8. The molecule has 0 aromatic heterocycles. The lowest BCUT2D eigenvalue weighted by molar-refractivity contribution is 0.248. The summed E-state index contributed by atoms with van der Waals surface area (Å²) in [5, 5.41) is 0. The van der Waals surface area contributed by atoms with Crippen LogP contribution in [0.15, 0.2) is 18.2 Å². The number of nitrogens with zero attached hydrogens (tertiary/aromatic N) is 2. The van der Waals surface area contributed by atoms with Crippen LogP contribution in [0.5, 0.6) is 0 Å². The molecule has 1 aliphatic heterocycles. The van der Waals surface area contributed by atoms with Crippen LogP contribution in [0.2, 0.25) is 0 Å². The van der Waals surface area contributed by atoms with Crippen LogP contribution in [0.3, 0.4) is 0 Å². The molecule has 1 aliphatic rings. The molecular weight excluding hydrogens is 260 g/mol. The second-order valence-corrected chi connectivity index (χ2v) is 5.35. The molecule has 0 bridgehead atoms. The van der Waals surface area contributed by atoms with Crippen molar-refractivity contribution in [1.82, 2.24) is 9.80 Å². The van der Waals surface area contributed by atoms with Gasteiger partial charge < -0.3 is 10.6 Å². The Morgan fingerprint density at radius 3 is 2.55 bits per heavy atom. The summed E-state index contributed by atoms with van der Waals surface area (Å²) in [6, 6.07) is 3.83. The number of halogens is 2. The van der Waals surface area contributed by atoms with E-state index in [1.807, 2.05) is 0 Å². The van der Waals surface area contributed by atoms with Crippen molar-refractivity contribution in [2.75, 3.05) is 39.3 Å². The summed E-state index contributed by atoms with van der Waals surface area (Å²) in [6.45, 7) is 6.25. The Morgan fingerprint density at radius 2 is 1.80 bits per heavy atom. The fourth-order valence-electron chi connectivity index (χ4n) is 2.61. The monoisotopic (exact) mass is 283 g/mol. The van der Waals surface area contributed by atoms with Crippen molar-refractivity contribution < 1.29 is 8.78 Å². The Balaban J connectivity index is 1.87. The molecule has 112 valence electrons. The lowest BCUT2D eigenvalue weighted by Gasteiger charge is -2.21. The molecule has 1 fully saturated rings. The molecule has 0 amide bonds. The first-order valence-electron chi connectivity index (χ1n) is 7.28. The molecule has 0 atom stereocenters. The Labute approximate surface area is 119 Å². The van der Waals surface area contributed by atoms with Crippen LogP contribution >= 0.6 is 0 Å². The zero-order valence-corrected chi connectivity index (χ0v) is 11.8. The van der Waals surface area contributed by atoms with Gasteiger partial charge in [-0.3, -0.25) is 4.90 Å². The van der Waals surface area contributed by atoms with Gasteiger partial charge in [0.15, 0.2) is 0 Å². The van der Waals surface area contributed by atoms with Gasteiger partial charge in [0.25, 0.3) is 0 Å². The van der Waals surface area contributed by atoms with Crippen LogP contribution in [-0.2, 0) is 6.54 Å². The highest BCUT2D eigenvalue weighted by molar-refractivity contribution is 5.18. The quantitative estimate of drug-likeness (QED) is 0.894. The van der Waals surface area contributed by atoms with Crippen LogP contribution in [0, 0.1) is 11.6 Å².